The molecule has 17 heteroatoms. The lowest BCUT2D eigenvalue weighted by atomic mass is 9.34. The Morgan fingerprint density at radius 2 is 1.39 bits per heavy atom. The third kappa shape index (κ3) is 4.93. The molecular weight excluding hydrogens is 752 g/mol. The van der Waals surface area contributed by atoms with Crippen LogP contribution >= 0.6 is 0 Å². The van der Waals surface area contributed by atoms with Gasteiger partial charge in [-0.15, -0.1) is 0 Å². The number of esters is 6. The van der Waals surface area contributed by atoms with E-state index in [4.69, 9.17) is 47.0 Å². The van der Waals surface area contributed by atoms with Crippen molar-refractivity contribution in [1.82, 2.24) is 0 Å². The highest BCUT2D eigenvalue weighted by Gasteiger charge is 3.03. The number of carbonyl (C=O) groups excluding carboxylic acids is 7. The van der Waals surface area contributed by atoms with E-state index in [1.165, 1.54) is 32.6 Å². The van der Waals surface area contributed by atoms with Crippen LogP contribution in [0.5, 0.6) is 0 Å². The summed E-state index contributed by atoms with van der Waals surface area (Å²) in [4.78, 5) is 97.6. The largest absolute Gasteiger partial charge is 0.472 e. The predicted molar refractivity (Wildman–Crippen MR) is 187 cm³/mol. The molecule has 57 heavy (non-hydrogen) atoms. The summed E-state index contributed by atoms with van der Waals surface area (Å²) in [6.07, 6.45) is -2.31. The van der Waals surface area contributed by atoms with Crippen LogP contribution in [-0.2, 0) is 71.4 Å². The smallest absolute Gasteiger partial charge is 0.308 e. The molecule has 312 valence electrons. The Balaban J connectivity index is 1.71. The maximum absolute atomic E-state index is 15.1. The van der Waals surface area contributed by atoms with Crippen molar-refractivity contribution in [2.24, 2.45) is 39.9 Å². The van der Waals surface area contributed by atoms with E-state index in [1.807, 2.05) is 0 Å². The van der Waals surface area contributed by atoms with Crippen molar-refractivity contribution in [3.8, 4) is 0 Å². The minimum Gasteiger partial charge on any atom is -0.472 e. The Labute approximate surface area is 328 Å². The van der Waals surface area contributed by atoms with Gasteiger partial charge in [0.15, 0.2) is 18.0 Å². The topological polar surface area (TPSA) is 216 Å². The van der Waals surface area contributed by atoms with Crippen molar-refractivity contribution in [3.63, 3.8) is 0 Å². The zero-order chi connectivity index (χ0) is 42.1. The summed E-state index contributed by atoms with van der Waals surface area (Å²) in [7, 11) is 2.38. The Kier molecular flexibility index (Phi) is 9.01. The molecule has 1 unspecified atom stereocenters. The number of furan rings is 1. The van der Waals surface area contributed by atoms with Gasteiger partial charge in [0.2, 0.25) is 11.4 Å². The molecule has 5 heterocycles. The molecule has 1 aromatic heterocycles. The first kappa shape index (κ1) is 40.8. The molecule has 8 aliphatic rings. The lowest BCUT2D eigenvalue weighted by molar-refractivity contribution is -0.530. The van der Waals surface area contributed by atoms with Crippen LogP contribution in [0.3, 0.4) is 0 Å². The van der Waals surface area contributed by atoms with Gasteiger partial charge in [-0.3, -0.25) is 38.3 Å². The van der Waals surface area contributed by atoms with Crippen molar-refractivity contribution < 1.29 is 80.6 Å². The van der Waals surface area contributed by atoms with Crippen molar-refractivity contribution in [2.75, 3.05) is 14.2 Å². The van der Waals surface area contributed by atoms with Gasteiger partial charge < -0.3 is 42.3 Å². The standard InChI is InChI=1S/C40H50O17/c1-19(2)29(47)52-32-39-25(15-27(45)49-11)33(6,28(46)23-12-13-50-16-23)17-37(53-21(4)42)30(39)35(8)24(14-26(44)48-10)34(7)18-38(35,56-36(9,55-37)57-39)40(32,54-22(5)43)31(34)51-20(3)41/h12-13,16,19,24-25,30-32H,14-15,17-18H2,1-11H3/t24-,25+,30-,31-,32-,33+,34?,35+,36-,37+,38+,39+,40-/m0/s1. The zero-order valence-electron chi connectivity index (χ0n) is 34.0. The first-order valence-corrected chi connectivity index (χ1v) is 19.0. The van der Waals surface area contributed by atoms with Crippen LogP contribution in [0.2, 0.25) is 0 Å². The van der Waals surface area contributed by atoms with Gasteiger partial charge in [0.25, 0.3) is 5.97 Å². The molecule has 0 amide bonds. The van der Waals surface area contributed by atoms with Gasteiger partial charge in [0.1, 0.15) is 17.5 Å². The van der Waals surface area contributed by atoms with E-state index in [0.717, 1.165) is 27.9 Å². The molecule has 9 rings (SSSR count). The van der Waals surface area contributed by atoms with Gasteiger partial charge in [-0.1, -0.05) is 34.6 Å². The van der Waals surface area contributed by atoms with Crippen LogP contribution in [-0.4, -0.2) is 96.6 Å². The van der Waals surface area contributed by atoms with Crippen LogP contribution in [0.15, 0.2) is 23.0 Å². The minimum absolute atomic E-state index is 0.0763. The van der Waals surface area contributed by atoms with E-state index in [1.54, 1.807) is 34.6 Å². The minimum atomic E-state index is -2.33. The van der Waals surface area contributed by atoms with E-state index >= 15 is 4.79 Å². The Morgan fingerprint density at radius 3 is 1.91 bits per heavy atom. The highest BCUT2D eigenvalue weighted by atomic mass is 16.9. The maximum atomic E-state index is 15.1. The molecule has 4 saturated carbocycles. The van der Waals surface area contributed by atoms with Crippen molar-refractivity contribution in [1.29, 1.82) is 0 Å². The number of ether oxygens (including phenoxy) is 9. The Hall–Kier alpha value is -4.35. The Bertz CT molecular complexity index is 1940. The van der Waals surface area contributed by atoms with Crippen LogP contribution in [0.4, 0.5) is 0 Å². The van der Waals surface area contributed by atoms with Gasteiger partial charge in [-0.25, -0.2) is 0 Å². The molecule has 4 aliphatic carbocycles. The average molecular weight is 803 g/mol. The second-order valence-corrected chi connectivity index (χ2v) is 17.6. The van der Waals surface area contributed by atoms with Gasteiger partial charge in [-0.05, 0) is 18.4 Å². The molecule has 1 aromatic rings. The summed E-state index contributed by atoms with van der Waals surface area (Å²) in [5.41, 5.74) is -11.3. The molecule has 0 radical (unpaired) electrons. The van der Waals surface area contributed by atoms with Gasteiger partial charge in [-0.2, -0.15) is 0 Å². The number of Topliss-reactive ketones (excluding diaryl/α,β-unsaturated/α-hetero) is 1. The second-order valence-electron chi connectivity index (χ2n) is 17.6. The molecule has 17 nitrogen and oxygen atoms in total. The van der Waals surface area contributed by atoms with Gasteiger partial charge in [0, 0.05) is 62.7 Å². The summed E-state index contributed by atoms with van der Waals surface area (Å²) in [5, 5.41) is 0. The number of rotatable bonds is 11. The van der Waals surface area contributed by atoms with E-state index < -0.39 is 135 Å². The van der Waals surface area contributed by atoms with Gasteiger partial charge in [0.05, 0.1) is 44.3 Å². The second kappa shape index (κ2) is 12.6. The average Bonchev–Trinajstić information content (AvgIpc) is 3.71. The lowest BCUT2D eigenvalue weighted by Crippen LogP contribution is -2.91. The molecule has 0 aromatic carbocycles. The van der Waals surface area contributed by atoms with Crippen LogP contribution in [0.1, 0.15) is 98.4 Å². The quantitative estimate of drug-likeness (QED) is 0.177. The van der Waals surface area contributed by atoms with E-state index in [-0.39, 0.29) is 18.4 Å². The monoisotopic (exact) mass is 802 g/mol. The van der Waals surface area contributed by atoms with Crippen molar-refractivity contribution in [2.45, 2.75) is 129 Å². The molecule has 4 aliphatic heterocycles. The fourth-order valence-electron chi connectivity index (χ4n) is 12.9. The van der Waals surface area contributed by atoms with Crippen molar-refractivity contribution >= 4 is 41.6 Å². The van der Waals surface area contributed by atoms with Crippen LogP contribution in [0, 0.1) is 39.9 Å². The summed E-state index contributed by atoms with van der Waals surface area (Å²) >= 11 is 0. The molecule has 4 saturated heterocycles. The summed E-state index contributed by atoms with van der Waals surface area (Å²) in [5.74, 6) is -14.4. The third-order valence-electron chi connectivity index (χ3n) is 14.1. The number of fused-ring (bicyclic) bond motifs is 1. The van der Waals surface area contributed by atoms with Crippen LogP contribution < -0.4 is 0 Å². The number of hydrogen-bond acceptors (Lipinski definition) is 17. The normalized spacial score (nSPS) is 44.2. The Morgan fingerprint density at radius 1 is 0.772 bits per heavy atom. The first-order valence-electron chi connectivity index (χ1n) is 19.0. The number of hydrogen-bond donors (Lipinski definition) is 0. The fraction of sp³-hybridized carbons (Fsp3) is 0.725. The SMILES string of the molecule is COC(=O)C[C@H]1C2(C)C[C@@]34O[C@]5(C)O[C@]6(OC(C)=O)C[C@@](C)(C(=O)c7ccoc7)[C@@H](CC(=O)OC)[C@@](O5)([C@H]6[C@@]13C)[C@H](OC(=O)C(C)C)[C@@]4(OC(C)=O)[C@H]2OC(C)=O. The summed E-state index contributed by atoms with van der Waals surface area (Å²) < 4.78 is 62.9. The van der Waals surface area contributed by atoms with Gasteiger partial charge >= 0.3 is 35.8 Å². The summed E-state index contributed by atoms with van der Waals surface area (Å²) in [6.45, 7) is 13.0. The van der Waals surface area contributed by atoms with E-state index in [9.17, 15) is 28.8 Å². The zero-order valence-corrected chi connectivity index (χ0v) is 34.0. The van der Waals surface area contributed by atoms with Crippen LogP contribution in [0.25, 0.3) is 0 Å². The number of methoxy groups -OCH3 is 2. The maximum Gasteiger partial charge on any atom is 0.308 e. The molecule has 0 N–H and O–H groups in total. The third-order valence-corrected chi connectivity index (χ3v) is 14.1. The molecule has 8 fully saturated rings. The highest BCUT2D eigenvalue weighted by Crippen LogP contribution is 2.88. The molecular formula is C40H50O17. The summed E-state index contributed by atoms with van der Waals surface area (Å²) in [6, 6.07) is 1.43. The first-order chi connectivity index (χ1) is 26.4. The molecule has 13 atom stereocenters. The number of ketones is 1. The predicted octanol–water partition coefficient (Wildman–Crippen LogP) is 3.58. The fourth-order valence-corrected chi connectivity index (χ4v) is 12.9. The molecule has 6 bridgehead atoms. The van der Waals surface area contributed by atoms with E-state index in [2.05, 4.69) is 0 Å². The number of carbonyl (C=O) groups is 7. The van der Waals surface area contributed by atoms with Crippen molar-refractivity contribution in [3.05, 3.63) is 24.2 Å². The lowest BCUT2D eigenvalue weighted by Gasteiger charge is -2.75. The highest BCUT2D eigenvalue weighted by molar-refractivity contribution is 6.01. The molecule has 2 spiro atoms. The van der Waals surface area contributed by atoms with E-state index in [0.29, 0.717) is 0 Å².